The second-order valence-electron chi connectivity index (χ2n) is 5.39. The number of aromatic amines is 1. The first-order valence-electron chi connectivity index (χ1n) is 7.61. The van der Waals surface area contributed by atoms with Crippen LogP contribution in [0.15, 0.2) is 65.5 Å². The smallest absolute Gasteiger partial charge is 0.331 e. The molecule has 1 aromatic heterocycles. The summed E-state index contributed by atoms with van der Waals surface area (Å²) in [6, 6.07) is 18.0. The third-order valence-corrected chi connectivity index (χ3v) is 3.63. The molecule has 0 amide bonds. The molecule has 5 heteroatoms. The van der Waals surface area contributed by atoms with E-state index in [9.17, 15) is 9.59 Å². The van der Waals surface area contributed by atoms with Crippen LogP contribution in [0.5, 0.6) is 0 Å². The lowest BCUT2D eigenvalue weighted by molar-refractivity contribution is -0.138. The van der Waals surface area contributed by atoms with Gasteiger partial charge in [-0.25, -0.2) is 4.79 Å². The number of hydrogen-bond acceptors (Lipinski definition) is 4. The van der Waals surface area contributed by atoms with Gasteiger partial charge < -0.3 is 9.72 Å². The molecule has 3 aromatic rings. The summed E-state index contributed by atoms with van der Waals surface area (Å²) >= 11 is 0. The fraction of sp³-hybridized carbons (Fsp3) is 0.0500. The van der Waals surface area contributed by atoms with Gasteiger partial charge in [-0.1, -0.05) is 30.3 Å². The van der Waals surface area contributed by atoms with Gasteiger partial charge in [0.2, 0.25) is 0 Å². The summed E-state index contributed by atoms with van der Waals surface area (Å²) in [5.41, 5.74) is 2.07. The largest absolute Gasteiger partial charge is 0.457 e. The number of rotatable bonds is 4. The molecule has 0 fully saturated rings. The van der Waals surface area contributed by atoms with Gasteiger partial charge in [0, 0.05) is 11.6 Å². The van der Waals surface area contributed by atoms with E-state index >= 15 is 0 Å². The Bertz CT molecular complexity index is 1060. The van der Waals surface area contributed by atoms with Crippen LogP contribution in [0.2, 0.25) is 0 Å². The van der Waals surface area contributed by atoms with Crippen molar-refractivity contribution in [1.29, 1.82) is 5.26 Å². The summed E-state index contributed by atoms with van der Waals surface area (Å²) in [7, 11) is 0. The lowest BCUT2D eigenvalue weighted by atomic mass is 10.1. The van der Waals surface area contributed by atoms with Gasteiger partial charge in [-0.15, -0.1) is 0 Å². The zero-order chi connectivity index (χ0) is 17.6. The Labute approximate surface area is 143 Å². The van der Waals surface area contributed by atoms with Crippen molar-refractivity contribution in [3.8, 4) is 6.07 Å². The van der Waals surface area contributed by atoms with Gasteiger partial charge >= 0.3 is 5.97 Å². The molecule has 1 N–H and O–H groups in total. The Hall–Kier alpha value is -3.65. The quantitative estimate of drug-likeness (QED) is 0.588. The van der Waals surface area contributed by atoms with Crippen molar-refractivity contribution in [1.82, 2.24) is 4.98 Å². The van der Waals surface area contributed by atoms with Crippen LogP contribution < -0.4 is 5.56 Å². The Morgan fingerprint density at radius 1 is 1.16 bits per heavy atom. The molecule has 0 aliphatic rings. The zero-order valence-electron chi connectivity index (χ0n) is 13.2. The van der Waals surface area contributed by atoms with Crippen LogP contribution in [-0.4, -0.2) is 11.0 Å². The molecular formula is C20H14N2O3. The summed E-state index contributed by atoms with van der Waals surface area (Å²) in [4.78, 5) is 26.6. The average molecular weight is 330 g/mol. The number of carbonyl (C=O) groups excluding carboxylic acids is 1. The number of H-pyrrole nitrogens is 1. The van der Waals surface area contributed by atoms with Crippen LogP contribution in [-0.2, 0) is 16.1 Å². The number of nitrogens with one attached hydrogen (secondary N) is 1. The molecule has 0 spiro atoms. The van der Waals surface area contributed by atoms with Gasteiger partial charge in [0.25, 0.3) is 5.56 Å². The molecule has 25 heavy (non-hydrogen) atoms. The van der Waals surface area contributed by atoms with Gasteiger partial charge in [0.05, 0.1) is 17.2 Å². The molecule has 1 heterocycles. The number of fused-ring (bicyclic) bond motifs is 1. The highest BCUT2D eigenvalue weighted by molar-refractivity contribution is 5.87. The normalized spacial score (nSPS) is 10.7. The highest BCUT2D eigenvalue weighted by atomic mass is 16.5. The maximum atomic E-state index is 12.0. The minimum atomic E-state index is -0.560. The maximum Gasteiger partial charge on any atom is 0.331 e. The Morgan fingerprint density at radius 2 is 2.00 bits per heavy atom. The predicted octanol–water partition coefficient (Wildman–Crippen LogP) is 3.16. The molecule has 2 aromatic carbocycles. The van der Waals surface area contributed by atoms with Crippen molar-refractivity contribution in [3.63, 3.8) is 0 Å². The standard InChI is InChI=1S/C20H14N2O3/c21-12-15-5-3-4-14(10-15)8-9-19(23)25-13-17-11-16-6-1-2-7-18(16)22-20(17)24/h1-11H,13H2,(H,22,24)/b9-8+. The fourth-order valence-corrected chi connectivity index (χ4v) is 2.37. The van der Waals surface area contributed by atoms with Crippen molar-refractivity contribution in [2.24, 2.45) is 0 Å². The lowest BCUT2D eigenvalue weighted by Crippen LogP contribution is -2.14. The number of ether oxygens (including phenoxy) is 1. The third-order valence-electron chi connectivity index (χ3n) is 3.63. The molecule has 3 rings (SSSR count). The first kappa shape index (κ1) is 16.2. The highest BCUT2D eigenvalue weighted by Crippen LogP contribution is 2.11. The van der Waals surface area contributed by atoms with Crippen LogP contribution in [0.3, 0.4) is 0 Å². The van der Waals surface area contributed by atoms with Crippen LogP contribution >= 0.6 is 0 Å². The topological polar surface area (TPSA) is 82.9 Å². The van der Waals surface area contributed by atoms with E-state index in [0.717, 1.165) is 16.5 Å². The van der Waals surface area contributed by atoms with Crippen molar-refractivity contribution < 1.29 is 9.53 Å². The Morgan fingerprint density at radius 3 is 2.84 bits per heavy atom. The number of esters is 1. The first-order valence-corrected chi connectivity index (χ1v) is 7.61. The number of pyridine rings is 1. The summed E-state index contributed by atoms with van der Waals surface area (Å²) in [6.45, 7) is -0.110. The number of nitrogens with zero attached hydrogens (tertiary/aromatic N) is 1. The molecule has 0 saturated carbocycles. The van der Waals surface area contributed by atoms with Gasteiger partial charge in [0.15, 0.2) is 0 Å². The van der Waals surface area contributed by atoms with Crippen LogP contribution in [0.1, 0.15) is 16.7 Å². The molecule has 122 valence electrons. The third kappa shape index (κ3) is 4.01. The molecule has 0 aliphatic carbocycles. The van der Waals surface area contributed by atoms with Crippen molar-refractivity contribution in [3.05, 3.63) is 87.7 Å². The number of carbonyl (C=O) groups is 1. The monoisotopic (exact) mass is 330 g/mol. The van der Waals surface area contributed by atoms with Crippen LogP contribution in [0, 0.1) is 11.3 Å². The van der Waals surface area contributed by atoms with E-state index in [1.807, 2.05) is 30.3 Å². The maximum absolute atomic E-state index is 12.0. The SMILES string of the molecule is N#Cc1cccc(/C=C/C(=O)OCc2cc3ccccc3[nH]c2=O)c1. The van der Waals surface area contributed by atoms with Gasteiger partial charge in [-0.2, -0.15) is 5.26 Å². The predicted molar refractivity (Wildman–Crippen MR) is 94.6 cm³/mol. The molecule has 0 atom stereocenters. The second-order valence-corrected chi connectivity index (χ2v) is 5.39. The van der Waals surface area contributed by atoms with E-state index in [2.05, 4.69) is 4.98 Å². The minimum absolute atomic E-state index is 0.110. The Balaban J connectivity index is 1.68. The van der Waals surface area contributed by atoms with E-state index in [1.54, 1.807) is 36.4 Å². The van der Waals surface area contributed by atoms with E-state index in [-0.39, 0.29) is 12.2 Å². The molecule has 0 saturated heterocycles. The molecular weight excluding hydrogens is 316 g/mol. The fourth-order valence-electron chi connectivity index (χ4n) is 2.37. The summed E-state index contributed by atoms with van der Waals surface area (Å²) in [5, 5.41) is 9.72. The number of hydrogen-bond donors (Lipinski definition) is 1. The van der Waals surface area contributed by atoms with E-state index in [1.165, 1.54) is 6.08 Å². The first-order chi connectivity index (χ1) is 12.2. The minimum Gasteiger partial charge on any atom is -0.457 e. The molecule has 0 radical (unpaired) electrons. The molecule has 0 unspecified atom stereocenters. The summed E-state index contributed by atoms with van der Waals surface area (Å²) in [5.74, 6) is -0.560. The number of benzene rings is 2. The summed E-state index contributed by atoms with van der Waals surface area (Å²) in [6.07, 6.45) is 2.83. The highest BCUT2D eigenvalue weighted by Gasteiger charge is 2.05. The number of para-hydroxylation sites is 1. The number of aromatic nitrogens is 1. The zero-order valence-corrected chi connectivity index (χ0v) is 13.2. The van der Waals surface area contributed by atoms with Gasteiger partial charge in [0.1, 0.15) is 6.61 Å². The second kappa shape index (κ2) is 7.28. The van der Waals surface area contributed by atoms with Crippen LogP contribution in [0.4, 0.5) is 0 Å². The average Bonchev–Trinajstić information content (AvgIpc) is 2.64. The Kier molecular flexibility index (Phi) is 4.72. The van der Waals surface area contributed by atoms with E-state index < -0.39 is 5.97 Å². The van der Waals surface area contributed by atoms with Crippen LogP contribution in [0.25, 0.3) is 17.0 Å². The van der Waals surface area contributed by atoms with Crippen molar-refractivity contribution in [2.75, 3.05) is 0 Å². The molecule has 0 aliphatic heterocycles. The van der Waals surface area contributed by atoms with Crippen molar-refractivity contribution in [2.45, 2.75) is 6.61 Å². The van der Waals surface area contributed by atoms with E-state index in [0.29, 0.717) is 11.1 Å². The van der Waals surface area contributed by atoms with E-state index in [4.69, 9.17) is 10.00 Å². The number of nitriles is 1. The molecule has 5 nitrogen and oxygen atoms in total. The summed E-state index contributed by atoms with van der Waals surface area (Å²) < 4.78 is 5.13. The lowest BCUT2D eigenvalue weighted by Gasteiger charge is -2.04. The van der Waals surface area contributed by atoms with Gasteiger partial charge in [-0.05, 0) is 41.3 Å². The van der Waals surface area contributed by atoms with Crippen molar-refractivity contribution >= 4 is 22.9 Å². The van der Waals surface area contributed by atoms with Gasteiger partial charge in [-0.3, -0.25) is 4.79 Å². The molecule has 0 bridgehead atoms.